The van der Waals surface area contributed by atoms with Gasteiger partial charge in [-0.25, -0.2) is 4.79 Å². The summed E-state index contributed by atoms with van der Waals surface area (Å²) in [4.78, 5) is 59.2. The number of rotatable bonds is 7. The lowest BCUT2D eigenvalue weighted by Gasteiger charge is -2.44. The number of hydrogen-bond donors (Lipinski definition) is 1. The van der Waals surface area contributed by atoms with Crippen LogP contribution in [0.25, 0.3) is 0 Å². The van der Waals surface area contributed by atoms with Gasteiger partial charge in [0.05, 0.1) is 0 Å². The largest absolute Gasteiger partial charge is 0.463 e. The Morgan fingerprint density at radius 2 is 1.27 bits per heavy atom. The van der Waals surface area contributed by atoms with E-state index in [1.807, 2.05) is 0 Å². The third kappa shape index (κ3) is 8.52. The highest BCUT2D eigenvalue weighted by Crippen LogP contribution is 2.29. The van der Waals surface area contributed by atoms with Crippen LogP contribution in [0.5, 0.6) is 0 Å². The van der Waals surface area contributed by atoms with Gasteiger partial charge in [0.25, 0.3) is 0 Å². The van der Waals surface area contributed by atoms with E-state index in [-0.39, 0.29) is 12.7 Å². The maximum atomic E-state index is 12.5. The van der Waals surface area contributed by atoms with Gasteiger partial charge in [-0.05, 0) is 25.7 Å². The standard InChI is InChI=1S/C21H31NO11/c1-11(23)28-10-16-17(29-12(2)24)18(30-13(3)25)19(31-14(4)26)20(33-16)22-21(27)32-15-8-6-5-7-9-15/h15-20H,5-10H2,1-4H3,(H,22,27)/t16-,17-,18+,19+,20-/m1/s1. The molecule has 1 aliphatic heterocycles. The summed E-state index contributed by atoms with van der Waals surface area (Å²) in [5.41, 5.74) is 0. The van der Waals surface area contributed by atoms with Crippen molar-refractivity contribution in [3.05, 3.63) is 0 Å². The van der Waals surface area contributed by atoms with Crippen LogP contribution in [-0.2, 0) is 47.6 Å². The Morgan fingerprint density at radius 3 is 1.82 bits per heavy atom. The monoisotopic (exact) mass is 473 g/mol. The van der Waals surface area contributed by atoms with Crippen LogP contribution in [0, 0.1) is 0 Å². The second-order valence-corrected chi connectivity index (χ2v) is 7.93. The van der Waals surface area contributed by atoms with Crippen LogP contribution in [-0.4, -0.2) is 73.3 Å². The molecule has 0 unspecified atom stereocenters. The average Bonchev–Trinajstić information content (AvgIpc) is 2.70. The zero-order valence-corrected chi connectivity index (χ0v) is 19.2. The summed E-state index contributed by atoms with van der Waals surface area (Å²) in [6, 6.07) is 0. The second kappa shape index (κ2) is 12.4. The minimum Gasteiger partial charge on any atom is -0.463 e. The van der Waals surface area contributed by atoms with Crippen LogP contribution in [0.2, 0.25) is 0 Å². The molecule has 2 rings (SSSR count). The average molecular weight is 473 g/mol. The van der Waals surface area contributed by atoms with Gasteiger partial charge in [-0.3, -0.25) is 24.5 Å². The van der Waals surface area contributed by atoms with Crippen LogP contribution < -0.4 is 5.32 Å². The summed E-state index contributed by atoms with van der Waals surface area (Å²) in [6.07, 6.45) is -3.18. The fraction of sp³-hybridized carbons (Fsp3) is 0.762. The molecular formula is C21H31NO11. The van der Waals surface area contributed by atoms with Gasteiger partial charge in [0, 0.05) is 27.7 Å². The number of ether oxygens (including phenoxy) is 6. The molecule has 1 saturated carbocycles. The van der Waals surface area contributed by atoms with Crippen molar-refractivity contribution in [2.75, 3.05) is 6.61 Å². The van der Waals surface area contributed by atoms with Crippen molar-refractivity contribution in [2.24, 2.45) is 0 Å². The van der Waals surface area contributed by atoms with E-state index in [1.165, 1.54) is 6.92 Å². The molecular weight excluding hydrogens is 442 g/mol. The minimum atomic E-state index is -1.37. The van der Waals surface area contributed by atoms with E-state index in [0.29, 0.717) is 0 Å². The molecule has 1 N–H and O–H groups in total. The molecule has 1 aliphatic carbocycles. The first-order valence-corrected chi connectivity index (χ1v) is 10.8. The lowest BCUT2D eigenvalue weighted by molar-refractivity contribution is -0.256. The normalized spacial score (nSPS) is 27.6. The van der Waals surface area contributed by atoms with Crippen molar-refractivity contribution in [1.29, 1.82) is 0 Å². The van der Waals surface area contributed by atoms with Crippen molar-refractivity contribution in [3.63, 3.8) is 0 Å². The molecule has 0 aromatic carbocycles. The number of esters is 4. The molecule has 12 nitrogen and oxygen atoms in total. The highest BCUT2D eigenvalue weighted by molar-refractivity contribution is 5.70. The maximum absolute atomic E-state index is 12.5. The van der Waals surface area contributed by atoms with E-state index in [0.717, 1.165) is 52.9 Å². The van der Waals surface area contributed by atoms with Crippen LogP contribution in [0.15, 0.2) is 0 Å². The Balaban J connectivity index is 2.29. The first-order valence-electron chi connectivity index (χ1n) is 10.8. The third-order valence-corrected chi connectivity index (χ3v) is 5.08. The molecule has 12 heteroatoms. The van der Waals surface area contributed by atoms with E-state index in [4.69, 9.17) is 28.4 Å². The minimum absolute atomic E-state index is 0.260. The number of carbonyl (C=O) groups excluding carboxylic acids is 5. The van der Waals surface area contributed by atoms with E-state index in [2.05, 4.69) is 5.32 Å². The topological polar surface area (TPSA) is 153 Å². The molecule has 1 amide bonds. The zero-order valence-electron chi connectivity index (χ0n) is 19.2. The molecule has 186 valence electrons. The first kappa shape index (κ1) is 26.4. The van der Waals surface area contributed by atoms with Gasteiger partial charge in [-0.15, -0.1) is 0 Å². The predicted molar refractivity (Wildman–Crippen MR) is 108 cm³/mol. The van der Waals surface area contributed by atoms with Crippen molar-refractivity contribution >= 4 is 30.0 Å². The molecule has 2 aliphatic rings. The molecule has 0 aromatic rings. The van der Waals surface area contributed by atoms with E-state index < -0.39 is 60.6 Å². The Bertz CT molecular complexity index is 734. The number of hydrogen-bond acceptors (Lipinski definition) is 11. The maximum Gasteiger partial charge on any atom is 0.409 e. The summed E-state index contributed by atoms with van der Waals surface area (Å²) in [7, 11) is 0. The molecule has 0 bridgehead atoms. The van der Waals surface area contributed by atoms with Gasteiger partial charge >= 0.3 is 30.0 Å². The third-order valence-electron chi connectivity index (χ3n) is 5.08. The Morgan fingerprint density at radius 1 is 0.727 bits per heavy atom. The number of amides is 1. The van der Waals surface area contributed by atoms with Gasteiger partial charge < -0.3 is 28.4 Å². The molecule has 0 spiro atoms. The lowest BCUT2D eigenvalue weighted by atomic mass is 9.97. The molecule has 2 fully saturated rings. The fourth-order valence-electron chi connectivity index (χ4n) is 3.83. The van der Waals surface area contributed by atoms with Gasteiger partial charge in [0.15, 0.2) is 24.5 Å². The van der Waals surface area contributed by atoms with Crippen LogP contribution in [0.1, 0.15) is 59.8 Å². The van der Waals surface area contributed by atoms with Crippen LogP contribution in [0.4, 0.5) is 4.79 Å². The predicted octanol–water partition coefficient (Wildman–Crippen LogP) is 1.13. The highest BCUT2D eigenvalue weighted by Gasteiger charge is 2.52. The second-order valence-electron chi connectivity index (χ2n) is 7.93. The van der Waals surface area contributed by atoms with Crippen LogP contribution in [0.3, 0.4) is 0 Å². The molecule has 1 saturated heterocycles. The highest BCUT2D eigenvalue weighted by atomic mass is 16.7. The van der Waals surface area contributed by atoms with E-state index >= 15 is 0 Å². The smallest absolute Gasteiger partial charge is 0.409 e. The number of carbonyl (C=O) groups is 5. The van der Waals surface area contributed by atoms with Crippen molar-refractivity contribution in [3.8, 4) is 0 Å². The number of alkyl carbamates (subject to hydrolysis) is 1. The van der Waals surface area contributed by atoms with Crippen LogP contribution >= 0.6 is 0 Å². The SMILES string of the molecule is CC(=O)OC[C@H]1O[C@@H](NC(=O)OC2CCCCC2)[C@@H](OC(C)=O)[C@@H](OC(C)=O)[C@@H]1OC(C)=O. The summed E-state index contributed by atoms with van der Waals surface area (Å²) in [6.45, 7) is 4.15. The molecule has 0 radical (unpaired) electrons. The molecule has 5 atom stereocenters. The number of nitrogens with one attached hydrogen (secondary N) is 1. The molecule has 1 heterocycles. The summed E-state index contributed by atoms with van der Waals surface area (Å²) in [5.74, 6) is -2.88. The lowest BCUT2D eigenvalue weighted by Crippen LogP contribution is -2.66. The fourth-order valence-corrected chi connectivity index (χ4v) is 3.83. The molecule has 0 aromatic heterocycles. The van der Waals surface area contributed by atoms with Crippen molar-refractivity contribution in [2.45, 2.75) is 96.5 Å². The Kier molecular flexibility index (Phi) is 9.89. The quantitative estimate of drug-likeness (QED) is 0.418. The summed E-state index contributed by atoms with van der Waals surface area (Å²) < 4.78 is 32.1. The van der Waals surface area contributed by atoms with Gasteiger partial charge in [-0.2, -0.15) is 0 Å². The summed E-state index contributed by atoms with van der Waals surface area (Å²) >= 11 is 0. The first-order chi connectivity index (χ1) is 15.6. The summed E-state index contributed by atoms with van der Waals surface area (Å²) in [5, 5.41) is 2.48. The van der Waals surface area contributed by atoms with E-state index in [9.17, 15) is 24.0 Å². The van der Waals surface area contributed by atoms with Crippen molar-refractivity contribution < 1.29 is 52.4 Å². The van der Waals surface area contributed by atoms with Gasteiger partial charge in [0.1, 0.15) is 18.8 Å². The zero-order chi connectivity index (χ0) is 24.5. The van der Waals surface area contributed by atoms with Crippen molar-refractivity contribution in [1.82, 2.24) is 5.32 Å². The molecule has 33 heavy (non-hydrogen) atoms. The van der Waals surface area contributed by atoms with Gasteiger partial charge in [0.2, 0.25) is 0 Å². The Hall–Kier alpha value is -2.89. The Labute approximate surface area is 191 Å². The van der Waals surface area contributed by atoms with Gasteiger partial charge in [-0.1, -0.05) is 6.42 Å². The van der Waals surface area contributed by atoms with E-state index in [1.54, 1.807) is 0 Å².